The number of nitrogens with zero attached hydrogens (tertiary/aromatic N) is 3. The van der Waals surface area contributed by atoms with E-state index in [4.69, 9.17) is 0 Å². The molecule has 5 heteroatoms. The number of fused-ring (bicyclic) bond motifs is 3. The molecule has 0 saturated carbocycles. The zero-order chi connectivity index (χ0) is 17.9. The molecule has 5 nitrogen and oxygen atoms in total. The van der Waals surface area contributed by atoms with Crippen molar-refractivity contribution in [3.8, 4) is 0 Å². The first kappa shape index (κ1) is 16.8. The molecule has 3 aromatic rings. The fourth-order valence-corrected chi connectivity index (χ4v) is 3.71. The Bertz CT molecular complexity index is 916. The highest BCUT2D eigenvalue weighted by atomic mass is 16.1. The molecule has 26 heavy (non-hydrogen) atoms. The Hall–Kier alpha value is -2.69. The van der Waals surface area contributed by atoms with Crippen LogP contribution in [0.3, 0.4) is 0 Å². The van der Waals surface area contributed by atoms with Crippen LogP contribution in [0, 0.1) is 0 Å². The molecule has 0 fully saturated rings. The summed E-state index contributed by atoms with van der Waals surface area (Å²) in [4.78, 5) is 17.4. The highest BCUT2D eigenvalue weighted by molar-refractivity contribution is 5.99. The first-order chi connectivity index (χ1) is 12.7. The summed E-state index contributed by atoms with van der Waals surface area (Å²) < 4.78 is 1.88. The monoisotopic (exact) mass is 348 g/mol. The number of aryl methyl sites for hydroxylation is 2. The molecule has 1 aromatic carbocycles. The van der Waals surface area contributed by atoms with Gasteiger partial charge < -0.3 is 5.32 Å². The minimum absolute atomic E-state index is 0.0667. The van der Waals surface area contributed by atoms with Crippen LogP contribution < -0.4 is 5.32 Å². The second-order valence-electron chi connectivity index (χ2n) is 7.04. The Morgan fingerprint density at radius 3 is 2.65 bits per heavy atom. The molecule has 0 bridgehead atoms. The van der Waals surface area contributed by atoms with E-state index in [1.54, 1.807) is 6.20 Å². The van der Waals surface area contributed by atoms with E-state index in [1.165, 1.54) is 36.9 Å². The predicted octanol–water partition coefficient (Wildman–Crippen LogP) is 3.88. The fraction of sp³-hybridized carbons (Fsp3) is 0.381. The van der Waals surface area contributed by atoms with Crippen LogP contribution in [0.15, 0.2) is 42.7 Å². The SMILES string of the molecule is C[C@H](NC(=O)c1cnn2c3c(cnc12)CCCCCC3)c1ccccc1. The van der Waals surface area contributed by atoms with E-state index in [1.807, 2.05) is 48.0 Å². The second kappa shape index (κ2) is 7.28. The van der Waals surface area contributed by atoms with Gasteiger partial charge in [-0.15, -0.1) is 0 Å². The summed E-state index contributed by atoms with van der Waals surface area (Å²) in [6.07, 6.45) is 10.5. The zero-order valence-corrected chi connectivity index (χ0v) is 15.1. The quantitative estimate of drug-likeness (QED) is 0.781. The van der Waals surface area contributed by atoms with Gasteiger partial charge in [-0.25, -0.2) is 9.50 Å². The molecule has 4 rings (SSSR count). The third-order valence-electron chi connectivity index (χ3n) is 5.21. The van der Waals surface area contributed by atoms with Crippen molar-refractivity contribution in [2.45, 2.75) is 51.5 Å². The molecule has 2 heterocycles. The molecule has 1 aliphatic carbocycles. The third kappa shape index (κ3) is 3.21. The van der Waals surface area contributed by atoms with Crippen molar-refractivity contribution >= 4 is 11.6 Å². The molecule has 0 unspecified atom stereocenters. The van der Waals surface area contributed by atoms with Gasteiger partial charge in [-0.2, -0.15) is 5.10 Å². The molecule has 1 atom stereocenters. The van der Waals surface area contributed by atoms with Gasteiger partial charge in [0.05, 0.1) is 12.2 Å². The van der Waals surface area contributed by atoms with Crippen LogP contribution in [0.1, 0.15) is 65.8 Å². The van der Waals surface area contributed by atoms with Crippen LogP contribution in [-0.2, 0) is 12.8 Å². The average Bonchev–Trinajstić information content (AvgIpc) is 3.07. The summed E-state index contributed by atoms with van der Waals surface area (Å²) in [6.45, 7) is 1.99. The topological polar surface area (TPSA) is 59.3 Å². The van der Waals surface area contributed by atoms with Crippen molar-refractivity contribution in [2.24, 2.45) is 0 Å². The molecule has 0 aliphatic heterocycles. The number of nitrogens with one attached hydrogen (secondary N) is 1. The smallest absolute Gasteiger partial charge is 0.257 e. The van der Waals surface area contributed by atoms with E-state index in [9.17, 15) is 4.79 Å². The van der Waals surface area contributed by atoms with Crippen molar-refractivity contribution in [3.05, 3.63) is 65.1 Å². The molecular formula is C21H24N4O. The van der Waals surface area contributed by atoms with Crippen molar-refractivity contribution in [3.63, 3.8) is 0 Å². The highest BCUT2D eigenvalue weighted by Gasteiger charge is 2.20. The molecular weight excluding hydrogens is 324 g/mol. The summed E-state index contributed by atoms with van der Waals surface area (Å²) in [5.74, 6) is -0.130. The van der Waals surface area contributed by atoms with E-state index in [-0.39, 0.29) is 11.9 Å². The molecule has 1 N–H and O–H groups in total. The van der Waals surface area contributed by atoms with Gasteiger partial charge in [-0.05, 0) is 43.7 Å². The highest BCUT2D eigenvalue weighted by Crippen LogP contribution is 2.22. The summed E-state index contributed by atoms with van der Waals surface area (Å²) in [5.41, 5.74) is 4.75. The maximum Gasteiger partial charge on any atom is 0.257 e. The molecule has 1 amide bonds. The first-order valence-electron chi connectivity index (χ1n) is 9.44. The summed E-state index contributed by atoms with van der Waals surface area (Å²) in [7, 11) is 0. The Balaban J connectivity index is 1.62. The number of hydrogen-bond donors (Lipinski definition) is 1. The Labute approximate surface area is 153 Å². The molecule has 1 aliphatic rings. The van der Waals surface area contributed by atoms with Crippen molar-refractivity contribution in [1.29, 1.82) is 0 Å². The normalized spacial score (nSPS) is 15.7. The Morgan fingerprint density at radius 1 is 1.08 bits per heavy atom. The lowest BCUT2D eigenvalue weighted by molar-refractivity contribution is 0.0941. The lowest BCUT2D eigenvalue weighted by Crippen LogP contribution is -2.26. The Kier molecular flexibility index (Phi) is 4.69. The molecule has 0 spiro atoms. The van der Waals surface area contributed by atoms with Crippen LogP contribution in [0.4, 0.5) is 0 Å². The van der Waals surface area contributed by atoms with Gasteiger partial charge in [-0.3, -0.25) is 4.79 Å². The molecule has 0 radical (unpaired) electrons. The van der Waals surface area contributed by atoms with Crippen LogP contribution in [0.2, 0.25) is 0 Å². The minimum Gasteiger partial charge on any atom is -0.345 e. The van der Waals surface area contributed by atoms with Crippen LogP contribution in [0.25, 0.3) is 5.65 Å². The molecule has 0 saturated heterocycles. The van der Waals surface area contributed by atoms with E-state index >= 15 is 0 Å². The second-order valence-corrected chi connectivity index (χ2v) is 7.04. The summed E-state index contributed by atoms with van der Waals surface area (Å²) in [6, 6.07) is 9.90. The molecule has 134 valence electrons. The van der Waals surface area contributed by atoms with Crippen molar-refractivity contribution in [2.75, 3.05) is 0 Å². The largest absolute Gasteiger partial charge is 0.345 e. The average molecular weight is 348 g/mol. The lowest BCUT2D eigenvalue weighted by Gasteiger charge is -2.15. The van der Waals surface area contributed by atoms with Crippen LogP contribution in [-0.4, -0.2) is 20.5 Å². The summed E-state index contributed by atoms with van der Waals surface area (Å²) in [5, 5.41) is 7.56. The van der Waals surface area contributed by atoms with Gasteiger partial charge >= 0.3 is 0 Å². The number of rotatable bonds is 3. The number of amides is 1. The van der Waals surface area contributed by atoms with Gasteiger partial charge in [0, 0.05) is 11.9 Å². The zero-order valence-electron chi connectivity index (χ0n) is 15.1. The maximum atomic E-state index is 12.8. The Morgan fingerprint density at radius 2 is 1.85 bits per heavy atom. The van der Waals surface area contributed by atoms with Crippen LogP contribution >= 0.6 is 0 Å². The van der Waals surface area contributed by atoms with Gasteiger partial charge in [0.15, 0.2) is 5.65 Å². The van der Waals surface area contributed by atoms with Crippen molar-refractivity contribution < 1.29 is 4.79 Å². The number of carbonyl (C=O) groups is 1. The van der Waals surface area contributed by atoms with Crippen molar-refractivity contribution in [1.82, 2.24) is 19.9 Å². The first-order valence-corrected chi connectivity index (χ1v) is 9.44. The lowest BCUT2D eigenvalue weighted by atomic mass is 9.98. The molecule has 2 aromatic heterocycles. The van der Waals surface area contributed by atoms with E-state index in [0.29, 0.717) is 11.2 Å². The standard InChI is InChI=1S/C21H24N4O/c1-15(16-9-6-4-7-10-16)24-21(26)18-14-23-25-19-12-8-3-2-5-11-17(19)13-22-20(18)25/h4,6-7,9-10,13-15H,2-3,5,8,11-12H2,1H3,(H,24,26)/t15-/m0/s1. The number of benzene rings is 1. The minimum atomic E-state index is -0.130. The number of aromatic nitrogens is 3. The fourth-order valence-electron chi connectivity index (χ4n) is 3.71. The maximum absolute atomic E-state index is 12.8. The van der Waals surface area contributed by atoms with Gasteiger partial charge in [0.1, 0.15) is 5.56 Å². The number of carbonyl (C=O) groups excluding carboxylic acids is 1. The number of hydrogen-bond acceptors (Lipinski definition) is 3. The van der Waals surface area contributed by atoms with Gasteiger partial charge in [0.2, 0.25) is 0 Å². The van der Waals surface area contributed by atoms with E-state index in [0.717, 1.165) is 18.4 Å². The van der Waals surface area contributed by atoms with Gasteiger partial charge in [0.25, 0.3) is 5.91 Å². The van der Waals surface area contributed by atoms with Gasteiger partial charge in [-0.1, -0.05) is 43.2 Å². The van der Waals surface area contributed by atoms with E-state index in [2.05, 4.69) is 15.4 Å². The third-order valence-corrected chi connectivity index (χ3v) is 5.21. The van der Waals surface area contributed by atoms with Crippen LogP contribution in [0.5, 0.6) is 0 Å². The predicted molar refractivity (Wildman–Crippen MR) is 101 cm³/mol. The summed E-state index contributed by atoms with van der Waals surface area (Å²) >= 11 is 0. The van der Waals surface area contributed by atoms with E-state index < -0.39 is 0 Å².